The zero-order chi connectivity index (χ0) is 13.9. The van der Waals surface area contributed by atoms with Crippen molar-refractivity contribution in [2.45, 2.75) is 38.6 Å². The molecule has 1 aliphatic rings. The summed E-state index contributed by atoms with van der Waals surface area (Å²) in [7, 11) is 0. The number of thiophene rings is 1. The summed E-state index contributed by atoms with van der Waals surface area (Å²) in [5.41, 5.74) is 5.18. The number of hydrogen-bond donors (Lipinski definition) is 2. The van der Waals surface area contributed by atoms with Crippen LogP contribution in [0.2, 0.25) is 4.34 Å². The molecule has 1 amide bonds. The van der Waals surface area contributed by atoms with Crippen molar-refractivity contribution in [3.05, 3.63) is 21.3 Å². The van der Waals surface area contributed by atoms with Gasteiger partial charge in [0.05, 0.1) is 21.3 Å². The average Bonchev–Trinajstić information content (AvgIpc) is 2.82. The van der Waals surface area contributed by atoms with E-state index in [2.05, 4.69) is 5.32 Å². The van der Waals surface area contributed by atoms with Crippen molar-refractivity contribution in [3.8, 4) is 0 Å². The molecule has 1 aliphatic carbocycles. The molecule has 1 heterocycles. The first-order chi connectivity index (χ1) is 9.04. The number of hydrogen-bond acceptors (Lipinski definition) is 3. The predicted molar refractivity (Wildman–Crippen MR) is 83.5 cm³/mol. The molecule has 0 unspecified atom stereocenters. The van der Waals surface area contributed by atoms with Gasteiger partial charge in [-0.3, -0.25) is 4.79 Å². The molecule has 6 heteroatoms. The van der Waals surface area contributed by atoms with Crippen molar-refractivity contribution in [3.63, 3.8) is 0 Å². The van der Waals surface area contributed by atoms with Gasteiger partial charge in [-0.25, -0.2) is 0 Å². The molecule has 0 radical (unpaired) electrons. The Morgan fingerprint density at radius 2 is 2.11 bits per heavy atom. The summed E-state index contributed by atoms with van der Waals surface area (Å²) in [4.78, 5) is 13.8. The first-order valence-corrected chi connectivity index (χ1v) is 7.97. The van der Waals surface area contributed by atoms with E-state index >= 15 is 0 Å². The first-order valence-electron chi connectivity index (χ1n) is 6.37. The molecule has 0 bridgehead atoms. The van der Waals surface area contributed by atoms with Crippen molar-refractivity contribution < 1.29 is 4.79 Å². The van der Waals surface area contributed by atoms with Crippen LogP contribution in [-0.2, 0) is 11.3 Å². The molecule has 3 N–H and O–H groups in total. The fraction of sp³-hybridized carbons (Fsp3) is 0.538. The highest BCUT2D eigenvalue weighted by molar-refractivity contribution is 7.80. The van der Waals surface area contributed by atoms with Crippen LogP contribution in [0.15, 0.2) is 12.1 Å². The van der Waals surface area contributed by atoms with Crippen LogP contribution in [0.5, 0.6) is 0 Å². The summed E-state index contributed by atoms with van der Waals surface area (Å²) in [6.45, 7) is 0.487. The largest absolute Gasteiger partial charge is 0.392 e. The van der Waals surface area contributed by atoms with Gasteiger partial charge in [-0.15, -0.1) is 11.3 Å². The monoisotopic (exact) mass is 316 g/mol. The van der Waals surface area contributed by atoms with Gasteiger partial charge in [0.1, 0.15) is 0 Å². The van der Waals surface area contributed by atoms with Crippen LogP contribution < -0.4 is 11.1 Å². The summed E-state index contributed by atoms with van der Waals surface area (Å²) >= 11 is 12.5. The molecule has 19 heavy (non-hydrogen) atoms. The second-order valence-electron chi connectivity index (χ2n) is 4.90. The number of amides is 1. The maximum absolute atomic E-state index is 12.4. The van der Waals surface area contributed by atoms with Gasteiger partial charge in [-0.05, 0) is 25.0 Å². The third-order valence-electron chi connectivity index (χ3n) is 3.67. The predicted octanol–water partition coefficient (Wildman–Crippen LogP) is 3.25. The zero-order valence-electron chi connectivity index (χ0n) is 10.6. The summed E-state index contributed by atoms with van der Waals surface area (Å²) in [6.07, 6.45) is 4.70. The minimum atomic E-state index is -0.644. The molecule has 1 aromatic heterocycles. The minimum absolute atomic E-state index is 0.0378. The van der Waals surface area contributed by atoms with Crippen molar-refractivity contribution in [2.75, 3.05) is 0 Å². The SMILES string of the molecule is NC(=S)C1(C(=O)NCc2ccc(Cl)s2)CCCCC1. The fourth-order valence-electron chi connectivity index (χ4n) is 2.52. The van der Waals surface area contributed by atoms with Gasteiger partial charge in [0, 0.05) is 4.88 Å². The third kappa shape index (κ3) is 3.27. The molecule has 3 nitrogen and oxygen atoms in total. The molecule has 1 fully saturated rings. The molecule has 0 saturated heterocycles. The Kier molecular flexibility index (Phi) is 4.81. The van der Waals surface area contributed by atoms with E-state index in [4.69, 9.17) is 29.6 Å². The van der Waals surface area contributed by atoms with Crippen molar-refractivity contribution in [1.82, 2.24) is 5.32 Å². The standard InChI is InChI=1S/C13H17ClN2OS2/c14-10-5-4-9(19-10)8-16-12(17)13(11(15)18)6-2-1-3-7-13/h4-5H,1-3,6-8H2,(H2,15,18)(H,16,17). The highest BCUT2D eigenvalue weighted by atomic mass is 35.5. The second-order valence-corrected chi connectivity index (χ2v) is 7.13. The molecule has 1 aromatic rings. The molecule has 0 aromatic carbocycles. The lowest BCUT2D eigenvalue weighted by molar-refractivity contribution is -0.129. The molecule has 1 saturated carbocycles. The van der Waals surface area contributed by atoms with Gasteiger partial charge in [-0.2, -0.15) is 0 Å². The topological polar surface area (TPSA) is 55.1 Å². The number of nitrogens with one attached hydrogen (secondary N) is 1. The van der Waals surface area contributed by atoms with Gasteiger partial charge in [0.25, 0.3) is 0 Å². The lowest BCUT2D eigenvalue weighted by atomic mass is 9.73. The lowest BCUT2D eigenvalue weighted by Crippen LogP contribution is -2.49. The van der Waals surface area contributed by atoms with Crippen LogP contribution in [0.3, 0.4) is 0 Å². The highest BCUT2D eigenvalue weighted by Gasteiger charge is 2.42. The van der Waals surface area contributed by atoms with E-state index < -0.39 is 5.41 Å². The molecule has 0 spiro atoms. The lowest BCUT2D eigenvalue weighted by Gasteiger charge is -2.34. The van der Waals surface area contributed by atoms with Crippen LogP contribution in [0.1, 0.15) is 37.0 Å². The minimum Gasteiger partial charge on any atom is -0.392 e. The van der Waals surface area contributed by atoms with Crippen molar-refractivity contribution in [2.24, 2.45) is 11.1 Å². The Morgan fingerprint density at radius 1 is 1.42 bits per heavy atom. The van der Waals surface area contributed by atoms with Gasteiger partial charge < -0.3 is 11.1 Å². The summed E-state index contributed by atoms with van der Waals surface area (Å²) in [6, 6.07) is 3.75. The van der Waals surface area contributed by atoms with E-state index in [-0.39, 0.29) is 5.91 Å². The van der Waals surface area contributed by atoms with E-state index in [0.717, 1.165) is 41.3 Å². The van der Waals surface area contributed by atoms with Gasteiger partial charge >= 0.3 is 0 Å². The van der Waals surface area contributed by atoms with E-state index in [1.807, 2.05) is 12.1 Å². The Bertz CT molecular complexity index is 481. The fourth-order valence-corrected chi connectivity index (χ4v) is 3.85. The Balaban J connectivity index is 2.02. The van der Waals surface area contributed by atoms with Crippen LogP contribution in [0.4, 0.5) is 0 Å². The smallest absolute Gasteiger partial charge is 0.233 e. The van der Waals surface area contributed by atoms with E-state index in [1.54, 1.807) is 0 Å². The average molecular weight is 317 g/mol. The number of thiocarbonyl (C=S) groups is 1. The van der Waals surface area contributed by atoms with Gasteiger partial charge in [-0.1, -0.05) is 43.1 Å². The molecule has 0 atom stereocenters. The summed E-state index contributed by atoms with van der Waals surface area (Å²) in [5.74, 6) is -0.0378. The first kappa shape index (κ1) is 14.8. The molecular formula is C13H17ClN2OS2. The maximum Gasteiger partial charge on any atom is 0.233 e. The maximum atomic E-state index is 12.4. The third-order valence-corrected chi connectivity index (χ3v) is 5.29. The number of nitrogens with two attached hydrogens (primary N) is 1. The van der Waals surface area contributed by atoms with E-state index in [9.17, 15) is 4.79 Å². The second kappa shape index (κ2) is 6.20. The Hall–Kier alpha value is -0.650. The van der Waals surface area contributed by atoms with E-state index in [0.29, 0.717) is 11.5 Å². The molecular weight excluding hydrogens is 300 g/mol. The Labute approximate surface area is 127 Å². The zero-order valence-corrected chi connectivity index (χ0v) is 13.0. The van der Waals surface area contributed by atoms with Crippen molar-refractivity contribution in [1.29, 1.82) is 0 Å². The highest BCUT2D eigenvalue weighted by Crippen LogP contribution is 2.37. The number of carbonyl (C=O) groups excluding carboxylic acids is 1. The van der Waals surface area contributed by atoms with Crippen LogP contribution in [0.25, 0.3) is 0 Å². The van der Waals surface area contributed by atoms with Crippen LogP contribution in [-0.4, -0.2) is 10.9 Å². The molecule has 2 rings (SSSR count). The normalized spacial score (nSPS) is 17.9. The number of halogens is 1. The number of carbonyl (C=O) groups is 1. The molecule has 0 aliphatic heterocycles. The number of rotatable bonds is 4. The molecule has 104 valence electrons. The summed E-state index contributed by atoms with van der Waals surface area (Å²) in [5, 5.41) is 2.95. The quantitative estimate of drug-likeness (QED) is 0.838. The van der Waals surface area contributed by atoms with Crippen LogP contribution in [0, 0.1) is 5.41 Å². The van der Waals surface area contributed by atoms with Crippen LogP contribution >= 0.6 is 35.2 Å². The van der Waals surface area contributed by atoms with Gasteiger partial charge in [0.2, 0.25) is 5.91 Å². The van der Waals surface area contributed by atoms with E-state index in [1.165, 1.54) is 11.3 Å². The van der Waals surface area contributed by atoms with Gasteiger partial charge in [0.15, 0.2) is 0 Å². The van der Waals surface area contributed by atoms with Crippen molar-refractivity contribution >= 4 is 46.1 Å². The Morgan fingerprint density at radius 3 is 2.63 bits per heavy atom. The summed E-state index contributed by atoms with van der Waals surface area (Å²) < 4.78 is 0.728.